The van der Waals surface area contributed by atoms with Gasteiger partial charge in [0, 0.05) is 70.5 Å². The van der Waals surface area contributed by atoms with E-state index >= 15 is 0 Å². The lowest BCUT2D eigenvalue weighted by molar-refractivity contribution is -0.146. The molecule has 4 amide bonds. The summed E-state index contributed by atoms with van der Waals surface area (Å²) in [5, 5.41) is 3.05. The highest BCUT2D eigenvalue weighted by Gasteiger charge is 2.37. The van der Waals surface area contributed by atoms with E-state index in [1.54, 1.807) is 11.0 Å². The van der Waals surface area contributed by atoms with E-state index in [0.717, 1.165) is 100 Å². The van der Waals surface area contributed by atoms with E-state index in [-0.39, 0.29) is 30.4 Å². The van der Waals surface area contributed by atoms with Crippen molar-refractivity contribution in [1.82, 2.24) is 29.5 Å². The van der Waals surface area contributed by atoms with Gasteiger partial charge in [0.25, 0.3) is 5.91 Å². The highest BCUT2D eigenvalue weighted by molar-refractivity contribution is 5.91. The molecule has 60 heavy (non-hydrogen) atoms. The molecule has 0 unspecified atom stereocenters. The molecule has 0 spiro atoms. The molecule has 5 aliphatic heterocycles. The van der Waals surface area contributed by atoms with Crippen molar-refractivity contribution in [3.8, 4) is 0 Å². The lowest BCUT2D eigenvalue weighted by atomic mass is 9.78. The number of H-pyrrole nitrogens is 1. The average Bonchev–Trinajstić information content (AvgIpc) is 3.56. The van der Waals surface area contributed by atoms with Crippen LogP contribution < -0.4 is 11.1 Å². The second kappa shape index (κ2) is 19.2. The molecular formula is C44H59N7O9. The number of rotatable bonds is 11. The van der Waals surface area contributed by atoms with Gasteiger partial charge in [-0.1, -0.05) is 24.3 Å². The smallest absolute Gasteiger partial charge is 0.417 e. The maximum Gasteiger partial charge on any atom is 0.417 e. The first kappa shape index (κ1) is 41.8. The van der Waals surface area contributed by atoms with Gasteiger partial charge in [0.1, 0.15) is 6.61 Å². The topological polar surface area (TPSA) is 170 Å². The van der Waals surface area contributed by atoms with E-state index in [9.17, 15) is 24.0 Å². The van der Waals surface area contributed by atoms with Crippen molar-refractivity contribution in [2.75, 3.05) is 97.1 Å². The number of anilines is 1. The summed E-state index contributed by atoms with van der Waals surface area (Å²) in [6.07, 6.45) is 4.21. The third-order valence-electron chi connectivity index (χ3n) is 13.3. The van der Waals surface area contributed by atoms with Gasteiger partial charge < -0.3 is 38.6 Å². The number of piperidine rings is 3. The van der Waals surface area contributed by atoms with Crippen molar-refractivity contribution in [3.63, 3.8) is 0 Å². The number of benzene rings is 2. The molecule has 4 saturated heterocycles. The van der Waals surface area contributed by atoms with Gasteiger partial charge in [-0.3, -0.25) is 24.4 Å². The molecule has 0 bridgehead atoms. The minimum atomic E-state index is -1.07. The molecule has 5 aliphatic rings. The number of fused-ring (bicyclic) bond motifs is 2. The van der Waals surface area contributed by atoms with Crippen LogP contribution in [-0.4, -0.2) is 157 Å². The summed E-state index contributed by atoms with van der Waals surface area (Å²) < 4.78 is 22.4. The van der Waals surface area contributed by atoms with E-state index < -0.39 is 18.0 Å². The van der Waals surface area contributed by atoms with Crippen LogP contribution in [0.3, 0.4) is 0 Å². The number of likely N-dealkylation sites (tertiary alicyclic amines) is 3. The molecule has 6 heterocycles. The zero-order valence-electron chi connectivity index (χ0n) is 34.7. The molecule has 0 radical (unpaired) electrons. The number of hydrogen-bond donors (Lipinski definition) is 2. The van der Waals surface area contributed by atoms with Crippen LogP contribution in [0.25, 0.3) is 11.1 Å². The minimum Gasteiger partial charge on any atom is -0.463 e. The van der Waals surface area contributed by atoms with Crippen LogP contribution in [0.15, 0.2) is 45.6 Å². The Labute approximate surface area is 350 Å². The second-order valence-corrected chi connectivity index (χ2v) is 17.1. The maximum absolute atomic E-state index is 14.3. The van der Waals surface area contributed by atoms with E-state index in [1.807, 2.05) is 47.1 Å². The van der Waals surface area contributed by atoms with Crippen molar-refractivity contribution < 1.29 is 37.8 Å². The molecular weight excluding hydrogens is 771 g/mol. The first-order valence-corrected chi connectivity index (χ1v) is 21.9. The molecule has 0 aliphatic carbocycles. The predicted octanol–water partition coefficient (Wildman–Crippen LogP) is 3.86. The van der Waals surface area contributed by atoms with Crippen molar-refractivity contribution in [2.45, 2.75) is 70.4 Å². The molecule has 8 rings (SSSR count). The lowest BCUT2D eigenvalue weighted by Gasteiger charge is -2.41. The Morgan fingerprint density at radius 3 is 2.28 bits per heavy atom. The van der Waals surface area contributed by atoms with Crippen LogP contribution >= 0.6 is 0 Å². The van der Waals surface area contributed by atoms with Crippen LogP contribution in [0.4, 0.5) is 15.3 Å². The van der Waals surface area contributed by atoms with Gasteiger partial charge in [-0.25, -0.2) is 14.4 Å². The zero-order chi connectivity index (χ0) is 41.6. The van der Waals surface area contributed by atoms with Crippen molar-refractivity contribution in [1.29, 1.82) is 0 Å². The molecule has 16 nitrogen and oxygen atoms in total. The van der Waals surface area contributed by atoms with Gasteiger partial charge in [-0.2, -0.15) is 0 Å². The number of nitrogens with one attached hydrogen (secondary N) is 2. The number of para-hydroxylation sites is 1. The Hall–Kier alpha value is -4.93. The van der Waals surface area contributed by atoms with Crippen LogP contribution in [0.1, 0.15) is 55.2 Å². The number of carbonyl (C=O) groups excluding carboxylic acids is 4. The first-order chi connectivity index (χ1) is 29.2. The van der Waals surface area contributed by atoms with E-state index in [1.165, 1.54) is 0 Å². The lowest BCUT2D eigenvalue weighted by Crippen LogP contribution is -2.52. The number of hydrogen-bond acceptors (Lipinski definition) is 11. The quantitative estimate of drug-likeness (QED) is 0.269. The first-order valence-electron chi connectivity index (χ1n) is 21.9. The summed E-state index contributed by atoms with van der Waals surface area (Å²) in [4.78, 5) is 78.4. The highest BCUT2D eigenvalue weighted by Crippen LogP contribution is 2.33. The molecule has 2 N–H and O–H groups in total. The summed E-state index contributed by atoms with van der Waals surface area (Å²) in [6.45, 7) is 10.8. The summed E-state index contributed by atoms with van der Waals surface area (Å²) in [7, 11) is 0. The van der Waals surface area contributed by atoms with Crippen LogP contribution in [0, 0.1) is 18.8 Å². The predicted molar refractivity (Wildman–Crippen MR) is 223 cm³/mol. The average molecular weight is 830 g/mol. The monoisotopic (exact) mass is 829 g/mol. The van der Waals surface area contributed by atoms with Crippen molar-refractivity contribution in [3.05, 3.63) is 63.6 Å². The fourth-order valence-electron chi connectivity index (χ4n) is 9.82. The fourth-order valence-corrected chi connectivity index (χ4v) is 9.82. The number of aryl methyl sites for hydroxylation is 1. The van der Waals surface area contributed by atoms with Gasteiger partial charge in [-0.15, -0.1) is 0 Å². The normalized spacial score (nSPS) is 21.0. The number of aromatic amines is 1. The number of amides is 4. The van der Waals surface area contributed by atoms with Crippen molar-refractivity contribution >= 4 is 40.8 Å². The summed E-state index contributed by atoms with van der Waals surface area (Å²) in [5.74, 6) is 0.0399. The number of morpholine rings is 1. The minimum absolute atomic E-state index is 0.0210. The van der Waals surface area contributed by atoms with Gasteiger partial charge in [-0.05, 0) is 106 Å². The number of oxazole rings is 1. The Bertz CT molecular complexity index is 2040. The summed E-state index contributed by atoms with van der Waals surface area (Å²) in [6, 6.07) is 11.3. The Morgan fingerprint density at radius 2 is 1.53 bits per heavy atom. The third kappa shape index (κ3) is 10.1. The van der Waals surface area contributed by atoms with E-state index in [2.05, 4.69) is 20.1 Å². The molecule has 2 aromatic carbocycles. The number of ether oxygens (including phenoxy) is 3. The molecule has 3 aromatic rings. The van der Waals surface area contributed by atoms with Crippen molar-refractivity contribution in [2.24, 2.45) is 11.8 Å². The van der Waals surface area contributed by atoms with E-state index in [0.29, 0.717) is 81.7 Å². The van der Waals surface area contributed by atoms with E-state index in [4.69, 9.17) is 18.6 Å². The Morgan fingerprint density at radius 1 is 0.833 bits per heavy atom. The SMILES string of the molecule is Cc1cc(C[C@@H](OC(=O)N2CCC(N3CCc4ccccc4NC3=O)CC2)C(=O)N2CCC(C3CCN(CC(=O)OCCN4CCOCC4)CC3)CC2)cc2oc(=O)[nH]c12. The molecule has 1 aromatic heterocycles. The second-order valence-electron chi connectivity index (χ2n) is 17.1. The highest BCUT2D eigenvalue weighted by atomic mass is 16.6. The van der Waals surface area contributed by atoms with Crippen LogP contribution in [0.2, 0.25) is 0 Å². The number of aromatic nitrogens is 1. The number of urea groups is 1. The zero-order valence-corrected chi connectivity index (χ0v) is 34.7. The molecule has 0 saturated carbocycles. The van der Waals surface area contributed by atoms with Crippen LogP contribution in [0.5, 0.6) is 0 Å². The standard InChI is InChI=1S/C44H59N7O9/c1-30-26-31(27-37-40(30)46-43(55)59-37)28-38(60-44(56)50-17-11-35(12-18-50)51-19-10-34-4-2-3-5-36(34)45-42(51)54)41(53)49-15-8-33(9-16-49)32-6-13-48(14-7-32)29-39(52)58-25-22-47-20-23-57-24-21-47/h2-5,26-27,32-33,35,38H,6-25,28-29H2,1H3,(H,45,54)(H,46,55)/t38-/m1/s1. The largest absolute Gasteiger partial charge is 0.463 e. The number of esters is 1. The van der Waals surface area contributed by atoms with Crippen LogP contribution in [-0.2, 0) is 36.6 Å². The summed E-state index contributed by atoms with van der Waals surface area (Å²) in [5.41, 5.74) is 4.45. The Balaban J connectivity index is 0.839. The van der Waals surface area contributed by atoms with Gasteiger partial charge in [0.2, 0.25) is 0 Å². The van der Waals surface area contributed by atoms with Gasteiger partial charge in [0.05, 0.1) is 25.3 Å². The number of nitrogens with zero attached hydrogens (tertiary/aromatic N) is 5. The number of carbonyl (C=O) groups is 4. The molecule has 324 valence electrons. The maximum atomic E-state index is 14.3. The molecule has 16 heteroatoms. The molecule has 4 fully saturated rings. The molecule has 1 atom stereocenters. The van der Waals surface area contributed by atoms with Gasteiger partial charge >= 0.3 is 23.8 Å². The third-order valence-corrected chi connectivity index (χ3v) is 13.3. The fraction of sp³-hybridized carbons (Fsp3) is 0.614. The van der Waals surface area contributed by atoms with Gasteiger partial charge in [0.15, 0.2) is 11.7 Å². The Kier molecular flexibility index (Phi) is 13.4. The summed E-state index contributed by atoms with van der Waals surface area (Å²) >= 11 is 0.